The summed E-state index contributed by atoms with van der Waals surface area (Å²) >= 11 is 5.52. The third-order valence-corrected chi connectivity index (χ3v) is 1.55. The minimum absolute atomic E-state index is 0.786. The van der Waals surface area contributed by atoms with E-state index in [2.05, 4.69) is 19.8 Å². The summed E-state index contributed by atoms with van der Waals surface area (Å²) in [4.78, 5) is 2.31. The topological polar surface area (TPSA) is 3.24 Å². The first kappa shape index (κ1) is 9.31. The summed E-state index contributed by atoms with van der Waals surface area (Å²) in [6, 6.07) is 0. The van der Waals surface area contributed by atoms with Crippen LogP contribution in [0, 0.1) is 0 Å². The molecule has 0 heterocycles. The molecular weight excluding hydrogens is 132 g/mol. The molecule has 0 aliphatic rings. The Bertz CT molecular complexity index is 61.0. The van der Waals surface area contributed by atoms with E-state index in [-0.39, 0.29) is 0 Å². The highest BCUT2D eigenvalue weighted by Gasteiger charge is 1.92. The fourth-order valence-corrected chi connectivity index (χ4v) is 0.943. The average molecular weight is 147 g/mol. The van der Waals surface area contributed by atoms with Crippen LogP contribution < -0.4 is 0 Å². The fourth-order valence-electron chi connectivity index (χ4n) is 0.823. The van der Waals surface area contributed by atoms with Gasteiger partial charge in [0.25, 0.3) is 0 Å². The van der Waals surface area contributed by atoms with Crippen molar-refractivity contribution in [1.82, 2.24) is 4.90 Å². The van der Waals surface area contributed by atoms with Gasteiger partial charge in [-0.15, -0.1) is 11.6 Å². The van der Waals surface area contributed by atoms with Crippen molar-refractivity contribution in [1.29, 1.82) is 0 Å². The summed E-state index contributed by atoms with van der Waals surface area (Å²) in [6.45, 7) is 2.33. The average Bonchev–Trinajstić information content (AvgIpc) is 1.85. The summed E-state index contributed by atoms with van der Waals surface area (Å²) in [5.41, 5.74) is 0. The molecule has 0 bridgehead atoms. The Morgan fingerprint density at radius 3 is 2.56 bits per heavy atom. The number of halogens is 1. The molecule has 0 atom stereocenters. The molecule has 0 saturated heterocycles. The van der Waals surface area contributed by atoms with Gasteiger partial charge in [-0.3, -0.25) is 0 Å². The molecule has 0 aromatic heterocycles. The van der Waals surface area contributed by atoms with Gasteiger partial charge in [0.2, 0.25) is 0 Å². The van der Waals surface area contributed by atoms with Crippen LogP contribution in [0.15, 0.2) is 0 Å². The van der Waals surface area contributed by atoms with E-state index < -0.39 is 0 Å². The quantitative estimate of drug-likeness (QED) is 0.407. The number of alkyl halides is 1. The van der Waals surface area contributed by atoms with Crippen molar-refractivity contribution in [3.05, 3.63) is 0 Å². The van der Waals surface area contributed by atoms with Crippen molar-refractivity contribution in [2.75, 3.05) is 26.0 Å². The van der Waals surface area contributed by atoms with E-state index in [1.807, 2.05) is 0 Å². The molecule has 0 unspecified atom stereocenters. The standard InChI is InChI=1S/C6H15BClN/c1-9(6-3-7)5-2-4-8/h2-7H2,1H3. The summed E-state index contributed by atoms with van der Waals surface area (Å²) in [7, 11) is 4.33. The van der Waals surface area contributed by atoms with Crippen LogP contribution in [-0.2, 0) is 0 Å². The van der Waals surface area contributed by atoms with Gasteiger partial charge in [-0.25, -0.2) is 0 Å². The van der Waals surface area contributed by atoms with E-state index in [0.717, 1.165) is 18.8 Å². The first-order valence-electron chi connectivity index (χ1n) is 3.55. The second-order valence-electron chi connectivity index (χ2n) is 2.35. The second kappa shape index (κ2) is 6.44. The second-order valence-corrected chi connectivity index (χ2v) is 2.72. The molecule has 0 spiro atoms. The molecular formula is C6H15BClN. The van der Waals surface area contributed by atoms with Crippen LogP contribution in [0.25, 0.3) is 0 Å². The monoisotopic (exact) mass is 147 g/mol. The van der Waals surface area contributed by atoms with Gasteiger partial charge in [-0.05, 0) is 26.6 Å². The molecule has 0 amide bonds. The normalized spacial score (nSPS) is 10.6. The van der Waals surface area contributed by atoms with Crippen molar-refractivity contribution < 1.29 is 0 Å². The fraction of sp³-hybridized carbons (Fsp3) is 1.00. The lowest BCUT2D eigenvalue weighted by atomic mass is 10.1. The summed E-state index contributed by atoms with van der Waals surface area (Å²) in [6.07, 6.45) is 2.34. The third-order valence-electron chi connectivity index (χ3n) is 1.28. The van der Waals surface area contributed by atoms with Crippen molar-refractivity contribution in [2.45, 2.75) is 12.7 Å². The molecule has 0 aliphatic heterocycles. The summed E-state index contributed by atoms with van der Waals surface area (Å²) in [5.74, 6) is 0.786. The molecule has 54 valence electrons. The Morgan fingerprint density at radius 2 is 2.11 bits per heavy atom. The molecule has 9 heavy (non-hydrogen) atoms. The molecule has 1 nitrogen and oxygen atoms in total. The van der Waals surface area contributed by atoms with E-state index in [1.54, 1.807) is 0 Å². The zero-order valence-electron chi connectivity index (χ0n) is 6.36. The molecule has 0 fully saturated rings. The molecule has 3 heteroatoms. The maximum absolute atomic E-state index is 5.52. The summed E-state index contributed by atoms with van der Waals surface area (Å²) in [5, 5.41) is 0. The molecule has 0 radical (unpaired) electrons. The van der Waals surface area contributed by atoms with Crippen LogP contribution in [-0.4, -0.2) is 38.8 Å². The Morgan fingerprint density at radius 1 is 1.44 bits per heavy atom. The largest absolute Gasteiger partial charge is 0.307 e. The first-order chi connectivity index (χ1) is 4.31. The Labute approximate surface area is 63.8 Å². The van der Waals surface area contributed by atoms with Gasteiger partial charge in [0, 0.05) is 5.88 Å². The first-order valence-corrected chi connectivity index (χ1v) is 4.09. The van der Waals surface area contributed by atoms with Gasteiger partial charge in [-0.1, -0.05) is 6.32 Å². The highest BCUT2D eigenvalue weighted by Crippen LogP contribution is 1.90. The van der Waals surface area contributed by atoms with E-state index in [4.69, 9.17) is 11.6 Å². The van der Waals surface area contributed by atoms with Crippen LogP contribution >= 0.6 is 11.6 Å². The van der Waals surface area contributed by atoms with Crippen molar-refractivity contribution >= 4 is 19.4 Å². The smallest absolute Gasteiger partial charge is 0.103 e. The predicted molar refractivity (Wildman–Crippen MR) is 46.2 cm³/mol. The van der Waals surface area contributed by atoms with E-state index >= 15 is 0 Å². The number of hydrogen-bond donors (Lipinski definition) is 0. The molecule has 0 aromatic rings. The van der Waals surface area contributed by atoms with Crippen molar-refractivity contribution in [3.8, 4) is 0 Å². The highest BCUT2D eigenvalue weighted by atomic mass is 35.5. The maximum atomic E-state index is 5.52. The van der Waals surface area contributed by atoms with Gasteiger partial charge in [-0.2, -0.15) is 0 Å². The summed E-state index contributed by atoms with van der Waals surface area (Å²) < 4.78 is 0. The van der Waals surface area contributed by atoms with Gasteiger partial charge >= 0.3 is 0 Å². The van der Waals surface area contributed by atoms with Crippen LogP contribution in [0.4, 0.5) is 0 Å². The third kappa shape index (κ3) is 6.20. The molecule has 0 saturated carbocycles. The molecule has 0 N–H and O–H groups in total. The lowest BCUT2D eigenvalue weighted by Crippen LogP contribution is -2.20. The highest BCUT2D eigenvalue weighted by molar-refractivity contribution is 6.17. The van der Waals surface area contributed by atoms with Gasteiger partial charge in [0.15, 0.2) is 0 Å². The van der Waals surface area contributed by atoms with Crippen LogP contribution in [0.5, 0.6) is 0 Å². The van der Waals surface area contributed by atoms with Crippen LogP contribution in [0.1, 0.15) is 6.42 Å². The van der Waals surface area contributed by atoms with Gasteiger partial charge < -0.3 is 4.90 Å². The van der Waals surface area contributed by atoms with E-state index in [0.29, 0.717) is 0 Å². The van der Waals surface area contributed by atoms with Crippen LogP contribution in [0.2, 0.25) is 6.32 Å². The molecule has 0 rings (SSSR count). The van der Waals surface area contributed by atoms with E-state index in [1.165, 1.54) is 12.9 Å². The SMILES string of the molecule is BCCN(C)CCCCl. The lowest BCUT2D eigenvalue weighted by molar-refractivity contribution is 0.354. The Balaban J connectivity index is 2.95. The Hall–Kier alpha value is 0.315. The maximum Gasteiger partial charge on any atom is 0.103 e. The number of rotatable bonds is 5. The Kier molecular flexibility index (Phi) is 6.66. The zero-order chi connectivity index (χ0) is 7.11. The van der Waals surface area contributed by atoms with Crippen molar-refractivity contribution in [3.63, 3.8) is 0 Å². The number of nitrogens with zero attached hydrogens (tertiary/aromatic N) is 1. The van der Waals surface area contributed by atoms with E-state index in [9.17, 15) is 0 Å². The van der Waals surface area contributed by atoms with Crippen LogP contribution in [0.3, 0.4) is 0 Å². The molecule has 0 aliphatic carbocycles. The lowest BCUT2D eigenvalue weighted by Gasteiger charge is -2.13. The molecule has 0 aromatic carbocycles. The predicted octanol–water partition coefficient (Wildman–Crippen LogP) is 0.599. The number of hydrogen-bond acceptors (Lipinski definition) is 1. The van der Waals surface area contributed by atoms with Crippen molar-refractivity contribution in [2.24, 2.45) is 0 Å². The van der Waals surface area contributed by atoms with Gasteiger partial charge in [0.05, 0.1) is 0 Å². The minimum atomic E-state index is 0.786. The van der Waals surface area contributed by atoms with Gasteiger partial charge in [0.1, 0.15) is 7.85 Å². The minimum Gasteiger partial charge on any atom is -0.307 e. The zero-order valence-corrected chi connectivity index (χ0v) is 7.12.